The predicted octanol–water partition coefficient (Wildman–Crippen LogP) is 2.90. The van der Waals surface area contributed by atoms with E-state index in [0.29, 0.717) is 38.5 Å². The topological polar surface area (TPSA) is 178 Å². The second kappa shape index (κ2) is 8.57. The Morgan fingerprint density at radius 1 is 0.421 bits per heavy atom. The predicted molar refractivity (Wildman–Crippen MR) is 136 cm³/mol. The number of aromatic nitrogens is 12. The fourth-order valence-corrected chi connectivity index (χ4v) is 4.48. The summed E-state index contributed by atoms with van der Waals surface area (Å²) < 4.78 is 0. The molecule has 6 aromatic heterocycles. The first kappa shape index (κ1) is 21.3. The van der Waals surface area contributed by atoms with E-state index >= 15 is 0 Å². The molecule has 13 heteroatoms. The van der Waals surface area contributed by atoms with E-state index < -0.39 is 0 Å². The molecule has 0 fully saturated rings. The second-order valence-corrected chi connectivity index (χ2v) is 7.99. The summed E-state index contributed by atoms with van der Waals surface area (Å²) in [5, 5.41) is 37.6. The number of rotatable bonds is 0. The van der Waals surface area contributed by atoms with Crippen LogP contribution in [-0.2, 0) is 0 Å². The minimum Gasteiger partial charge on any atom is -0.251 e. The van der Waals surface area contributed by atoms with Crippen LogP contribution in [0.15, 0.2) is 68.2 Å². The lowest BCUT2D eigenvalue weighted by Gasteiger charge is -2.07. The lowest BCUT2D eigenvalue weighted by Crippen LogP contribution is -1.94. The molecular weight excluding hydrogens is 482 g/mol. The van der Waals surface area contributed by atoms with Gasteiger partial charge in [0.05, 0.1) is 31.0 Å². The Morgan fingerprint density at radius 3 is 1.11 bits per heavy atom. The van der Waals surface area contributed by atoms with E-state index in [4.69, 9.17) is 0 Å². The molecule has 13 nitrogen and oxygen atoms in total. The van der Waals surface area contributed by atoms with Gasteiger partial charge < -0.3 is 0 Å². The average molecular weight is 493 g/mol. The number of hydrogen-bond donors (Lipinski definition) is 0. The largest absolute Gasteiger partial charge is 0.251 e. The van der Waals surface area contributed by atoms with Crippen molar-refractivity contribution in [2.45, 2.75) is 0 Å². The number of fused-ring (bicyclic) bond motifs is 12. The molecule has 2 aromatic carbocycles. The number of benzene rings is 2. The minimum atomic E-state index is 0.263. The molecule has 0 aliphatic heterocycles. The molecule has 6 heterocycles. The molecule has 0 unspecified atom stereocenters. The van der Waals surface area contributed by atoms with Crippen LogP contribution in [0.5, 0.6) is 0 Å². The van der Waals surface area contributed by atoms with Gasteiger partial charge in [-0.1, -0.05) is 0 Å². The van der Waals surface area contributed by atoms with E-state index in [1.165, 1.54) is 0 Å². The van der Waals surface area contributed by atoms with Gasteiger partial charge in [0, 0.05) is 69.5 Å². The Labute approximate surface area is 211 Å². The summed E-state index contributed by atoms with van der Waals surface area (Å²) in [7, 11) is 0. The highest BCUT2D eigenvalue weighted by Gasteiger charge is 2.14. The highest BCUT2D eigenvalue weighted by Crippen LogP contribution is 2.33. The summed E-state index contributed by atoms with van der Waals surface area (Å²) in [6, 6.07) is 2.07. The van der Waals surface area contributed by atoms with Crippen LogP contribution < -0.4 is 0 Å². The average Bonchev–Trinajstić information content (AvgIpc) is 3.01. The van der Waals surface area contributed by atoms with Gasteiger partial charge in [0.25, 0.3) is 0 Å². The van der Waals surface area contributed by atoms with Crippen LogP contribution >= 0.6 is 0 Å². The second-order valence-electron chi connectivity index (χ2n) is 7.99. The normalized spacial score (nSPS) is 11.1. The first-order valence-electron chi connectivity index (χ1n) is 11.2. The van der Waals surface area contributed by atoms with Crippen LogP contribution in [0.3, 0.4) is 0 Å². The van der Waals surface area contributed by atoms with E-state index in [-0.39, 0.29) is 5.69 Å². The van der Waals surface area contributed by atoms with Crippen LogP contribution in [0, 0.1) is 11.3 Å². The smallest absolute Gasteiger partial charge is 0.171 e. The van der Waals surface area contributed by atoms with Crippen LogP contribution in [-0.4, -0.2) is 60.5 Å². The summed E-state index contributed by atoms with van der Waals surface area (Å²) in [4.78, 5) is 26.0. The van der Waals surface area contributed by atoms with E-state index in [9.17, 15) is 5.26 Å². The lowest BCUT2D eigenvalue weighted by molar-refractivity contribution is 1.03. The van der Waals surface area contributed by atoms with E-state index in [0.717, 1.165) is 26.9 Å². The maximum atomic E-state index is 9.25. The Morgan fingerprint density at radius 2 is 0.737 bits per heavy atom. The number of nitrogens with zero attached hydrogens (tertiary/aromatic N) is 13. The van der Waals surface area contributed by atoms with Gasteiger partial charge in [0.2, 0.25) is 0 Å². The molecule has 38 heavy (non-hydrogen) atoms. The Balaban J connectivity index is 0.000000128. The summed E-state index contributed by atoms with van der Waals surface area (Å²) in [5.41, 5.74) is 4.48. The zero-order valence-electron chi connectivity index (χ0n) is 19.2. The van der Waals surface area contributed by atoms with Crippen LogP contribution in [0.4, 0.5) is 0 Å². The monoisotopic (exact) mass is 493 g/mol. The van der Waals surface area contributed by atoms with Crippen molar-refractivity contribution < 1.29 is 0 Å². The summed E-state index contributed by atoms with van der Waals surface area (Å²) in [6.45, 7) is 0. The Kier molecular flexibility index (Phi) is 4.80. The van der Waals surface area contributed by atoms with Crippen molar-refractivity contribution in [2.24, 2.45) is 0 Å². The first-order valence-corrected chi connectivity index (χ1v) is 11.2. The van der Waals surface area contributed by atoms with Crippen LogP contribution in [0.25, 0.3) is 65.4 Å². The number of nitriles is 1. The number of hydrogen-bond acceptors (Lipinski definition) is 13. The van der Waals surface area contributed by atoms with Gasteiger partial charge in [-0.3, -0.25) is 29.9 Å². The highest BCUT2D eigenvalue weighted by atomic mass is 15.1. The van der Waals surface area contributed by atoms with Gasteiger partial charge in [0.15, 0.2) is 5.69 Å². The molecule has 0 bridgehead atoms. The molecule has 0 atom stereocenters. The van der Waals surface area contributed by atoms with Crippen molar-refractivity contribution in [2.75, 3.05) is 0 Å². The molecule has 0 saturated heterocycles. The SMILES string of the molecule is N#Cc1nncc2c3cnncc3c3cnncc3c12.c1cnc2c(n1)c1nccnc1c1nccnc21. The van der Waals surface area contributed by atoms with Crippen LogP contribution in [0.1, 0.15) is 5.69 Å². The van der Waals surface area contributed by atoms with Crippen LogP contribution in [0.2, 0.25) is 0 Å². The fraction of sp³-hybridized carbons (Fsp3) is 0. The van der Waals surface area contributed by atoms with E-state index in [1.54, 1.807) is 68.2 Å². The van der Waals surface area contributed by atoms with E-state index in [2.05, 4.69) is 66.6 Å². The summed E-state index contributed by atoms with van der Waals surface area (Å²) >= 11 is 0. The van der Waals surface area contributed by atoms with Crippen molar-refractivity contribution in [1.29, 1.82) is 5.26 Å². The van der Waals surface area contributed by atoms with Gasteiger partial charge in [-0.05, 0) is 0 Å². The molecular formula is C25H11N13. The first-order chi connectivity index (χ1) is 18.8. The Bertz CT molecular complexity index is 1960. The van der Waals surface area contributed by atoms with Gasteiger partial charge in [-0.15, -0.1) is 5.10 Å². The van der Waals surface area contributed by atoms with Gasteiger partial charge in [-0.2, -0.15) is 30.8 Å². The standard InChI is InChI=1S/C13H5N7.C12H6N6/c14-1-12-13-10-5-18-17-3-8(10)7-2-15-16-4-9(7)11(13)6-19-20-12;1-2-14-8-7(13-1)9-11(17-4-3-15-9)12-10(8)16-5-6-18-12/h2-6H;1-6H. The van der Waals surface area contributed by atoms with E-state index in [1.807, 2.05) is 0 Å². The minimum absolute atomic E-state index is 0.263. The molecule has 0 saturated carbocycles. The van der Waals surface area contributed by atoms with Gasteiger partial charge >= 0.3 is 0 Å². The zero-order valence-corrected chi connectivity index (χ0v) is 19.2. The highest BCUT2D eigenvalue weighted by molar-refractivity contribution is 6.25. The molecule has 0 N–H and O–H groups in total. The Hall–Kier alpha value is -6.03. The molecule has 0 aliphatic carbocycles. The third kappa shape index (κ3) is 3.18. The fourth-order valence-electron chi connectivity index (χ4n) is 4.48. The van der Waals surface area contributed by atoms with Gasteiger partial charge in [0.1, 0.15) is 39.2 Å². The quantitative estimate of drug-likeness (QED) is 0.282. The van der Waals surface area contributed by atoms with Crippen molar-refractivity contribution >= 4 is 65.4 Å². The summed E-state index contributed by atoms with van der Waals surface area (Å²) in [5.74, 6) is 0. The molecule has 0 aliphatic rings. The zero-order chi connectivity index (χ0) is 25.5. The summed E-state index contributed by atoms with van der Waals surface area (Å²) in [6.07, 6.45) is 18.1. The molecule has 176 valence electrons. The third-order valence-corrected chi connectivity index (χ3v) is 6.03. The maximum absolute atomic E-state index is 9.25. The van der Waals surface area contributed by atoms with Crippen molar-refractivity contribution in [1.82, 2.24) is 60.5 Å². The van der Waals surface area contributed by atoms with Crippen molar-refractivity contribution in [3.63, 3.8) is 0 Å². The molecule has 0 radical (unpaired) electrons. The third-order valence-electron chi connectivity index (χ3n) is 6.03. The molecule has 8 rings (SSSR count). The van der Waals surface area contributed by atoms with Gasteiger partial charge in [-0.25, -0.2) is 0 Å². The lowest BCUT2D eigenvalue weighted by atomic mass is 9.99. The molecule has 0 amide bonds. The maximum Gasteiger partial charge on any atom is 0.171 e. The molecule has 0 spiro atoms. The van der Waals surface area contributed by atoms with Crippen molar-refractivity contribution in [3.8, 4) is 6.07 Å². The van der Waals surface area contributed by atoms with Crippen molar-refractivity contribution in [3.05, 3.63) is 73.9 Å². The molecule has 8 aromatic rings.